The van der Waals surface area contributed by atoms with Crippen LogP contribution in [0.4, 0.5) is 0 Å². The molecule has 2 amide bonds. The molecule has 0 fully saturated rings. The third-order valence-electron chi connectivity index (χ3n) is 4.75. The van der Waals surface area contributed by atoms with Crippen molar-refractivity contribution in [1.82, 2.24) is 10.7 Å². The van der Waals surface area contributed by atoms with E-state index in [1.165, 1.54) is 6.21 Å². The van der Waals surface area contributed by atoms with Crippen LogP contribution in [0.1, 0.15) is 27.9 Å². The highest BCUT2D eigenvalue weighted by molar-refractivity contribution is 9.10. The minimum Gasteiger partial charge on any atom is -0.497 e. The Balaban J connectivity index is 1.50. The molecule has 3 rings (SSSR count). The van der Waals surface area contributed by atoms with E-state index in [2.05, 4.69) is 31.8 Å². The van der Waals surface area contributed by atoms with Gasteiger partial charge in [-0.2, -0.15) is 5.10 Å². The largest absolute Gasteiger partial charge is 0.497 e. The average molecular weight is 579 g/mol. The first-order valence-electron chi connectivity index (χ1n) is 10.5. The number of nitrogens with one attached hydrogen (secondary N) is 2. The lowest BCUT2D eigenvalue weighted by atomic mass is 10.2. The van der Waals surface area contributed by atoms with Gasteiger partial charge in [0.2, 0.25) is 5.91 Å². The lowest BCUT2D eigenvalue weighted by Gasteiger charge is -2.11. The van der Waals surface area contributed by atoms with E-state index in [9.17, 15) is 9.59 Å². The molecule has 0 aliphatic heterocycles. The molecule has 35 heavy (non-hydrogen) atoms. The Labute approximate surface area is 221 Å². The summed E-state index contributed by atoms with van der Waals surface area (Å²) in [5.41, 5.74) is 4.36. The van der Waals surface area contributed by atoms with Crippen molar-refractivity contribution in [2.24, 2.45) is 5.10 Å². The number of hydrogen-bond acceptors (Lipinski definition) is 5. The molecule has 0 bridgehead atoms. The highest BCUT2D eigenvalue weighted by atomic mass is 79.9. The third-order valence-corrected chi connectivity index (χ3v) is 5.83. The van der Waals surface area contributed by atoms with E-state index in [0.717, 1.165) is 10.0 Å². The number of hydrazone groups is 1. The molecule has 0 unspecified atom stereocenters. The molecule has 7 nitrogen and oxygen atoms in total. The zero-order valence-electron chi connectivity index (χ0n) is 18.7. The number of methoxy groups -OCH3 is 1. The van der Waals surface area contributed by atoms with Crippen LogP contribution in [-0.4, -0.2) is 31.7 Å². The van der Waals surface area contributed by atoms with Crippen molar-refractivity contribution in [3.8, 4) is 11.5 Å². The van der Waals surface area contributed by atoms with Crippen molar-refractivity contribution in [2.75, 3.05) is 13.7 Å². The summed E-state index contributed by atoms with van der Waals surface area (Å²) in [6.07, 6.45) is 1.55. The van der Waals surface area contributed by atoms with Crippen LogP contribution in [-0.2, 0) is 11.4 Å². The lowest BCUT2D eigenvalue weighted by Crippen LogP contribution is -2.29. The van der Waals surface area contributed by atoms with Gasteiger partial charge in [0.1, 0.15) is 18.1 Å². The van der Waals surface area contributed by atoms with Gasteiger partial charge in [0.05, 0.1) is 13.3 Å². The lowest BCUT2D eigenvalue weighted by molar-refractivity contribution is -0.120. The van der Waals surface area contributed by atoms with Crippen molar-refractivity contribution in [3.63, 3.8) is 0 Å². The molecule has 3 aromatic carbocycles. The van der Waals surface area contributed by atoms with Crippen molar-refractivity contribution in [3.05, 3.63) is 91.9 Å². The molecule has 0 saturated heterocycles. The minimum absolute atomic E-state index is 0.0656. The first-order chi connectivity index (χ1) is 16.9. The summed E-state index contributed by atoms with van der Waals surface area (Å²) in [6.45, 7) is 0.401. The molecule has 10 heteroatoms. The number of ether oxygens (including phenoxy) is 2. The Kier molecular flexibility index (Phi) is 9.96. The number of hydrogen-bond donors (Lipinski definition) is 2. The first kappa shape index (κ1) is 26.5. The summed E-state index contributed by atoms with van der Waals surface area (Å²) in [7, 11) is 1.55. The van der Waals surface area contributed by atoms with E-state index < -0.39 is 0 Å². The minimum atomic E-state index is -0.346. The second kappa shape index (κ2) is 13.1. The predicted octanol–water partition coefficient (Wildman–Crippen LogP) is 5.61. The number of carbonyl (C=O) groups is 2. The van der Waals surface area contributed by atoms with Crippen LogP contribution >= 0.6 is 39.1 Å². The normalized spacial score (nSPS) is 10.7. The standard InChI is InChI=1S/C25H22BrCl2N3O4/c1-34-21-7-3-16(4-8-21)25(33)29-11-10-24(32)31-30-14-18-12-19(26)5-9-23(18)35-15-17-2-6-20(27)13-22(17)28/h2-9,12-14H,10-11,15H2,1H3,(H,29,33)(H,31,32). The molecule has 2 N–H and O–H groups in total. The van der Waals surface area contributed by atoms with Crippen LogP contribution in [0.2, 0.25) is 10.0 Å². The highest BCUT2D eigenvalue weighted by Gasteiger charge is 2.08. The second-order valence-corrected chi connectivity index (χ2v) is 8.99. The van der Waals surface area contributed by atoms with E-state index in [1.807, 2.05) is 12.1 Å². The Morgan fingerprint density at radius 3 is 2.54 bits per heavy atom. The van der Waals surface area contributed by atoms with E-state index in [1.54, 1.807) is 55.6 Å². The second-order valence-electron chi connectivity index (χ2n) is 7.23. The molecule has 0 saturated carbocycles. The van der Waals surface area contributed by atoms with Crippen LogP contribution in [0, 0.1) is 0 Å². The molecule has 182 valence electrons. The summed E-state index contributed by atoms with van der Waals surface area (Å²) in [4.78, 5) is 24.3. The van der Waals surface area contributed by atoms with Gasteiger partial charge in [0.25, 0.3) is 5.91 Å². The Bertz CT molecular complexity index is 1220. The van der Waals surface area contributed by atoms with E-state index in [-0.39, 0.29) is 31.4 Å². The van der Waals surface area contributed by atoms with Gasteiger partial charge in [-0.25, -0.2) is 5.43 Å². The van der Waals surface area contributed by atoms with Gasteiger partial charge in [-0.3, -0.25) is 9.59 Å². The van der Waals surface area contributed by atoms with E-state index >= 15 is 0 Å². The Morgan fingerprint density at radius 2 is 1.83 bits per heavy atom. The van der Waals surface area contributed by atoms with Crippen LogP contribution in [0.25, 0.3) is 0 Å². The fraction of sp³-hybridized carbons (Fsp3) is 0.160. The van der Waals surface area contributed by atoms with Gasteiger partial charge in [0.15, 0.2) is 0 Å². The average Bonchev–Trinajstić information content (AvgIpc) is 2.84. The topological polar surface area (TPSA) is 89.0 Å². The zero-order valence-corrected chi connectivity index (χ0v) is 21.8. The van der Waals surface area contributed by atoms with Crippen LogP contribution in [0.5, 0.6) is 11.5 Å². The molecule has 0 aromatic heterocycles. The number of amides is 2. The summed E-state index contributed by atoms with van der Waals surface area (Å²) in [5.74, 6) is 0.595. The quantitative estimate of drug-likeness (QED) is 0.242. The maximum Gasteiger partial charge on any atom is 0.251 e. The fourth-order valence-corrected chi connectivity index (χ4v) is 3.75. The maximum absolute atomic E-state index is 12.1. The Hall–Kier alpha value is -3.07. The molecular weight excluding hydrogens is 557 g/mol. The Morgan fingerprint density at radius 1 is 1.06 bits per heavy atom. The zero-order chi connectivity index (χ0) is 25.2. The van der Waals surface area contributed by atoms with Crippen molar-refractivity contribution < 1.29 is 19.1 Å². The summed E-state index contributed by atoms with van der Waals surface area (Å²) in [6, 6.07) is 17.3. The number of nitrogens with zero attached hydrogens (tertiary/aromatic N) is 1. The van der Waals surface area contributed by atoms with Gasteiger partial charge in [-0.05, 0) is 54.6 Å². The van der Waals surface area contributed by atoms with Gasteiger partial charge in [-0.15, -0.1) is 0 Å². The van der Waals surface area contributed by atoms with E-state index in [0.29, 0.717) is 32.7 Å². The monoisotopic (exact) mass is 577 g/mol. The number of rotatable bonds is 10. The third kappa shape index (κ3) is 8.28. The molecule has 0 radical (unpaired) electrons. The van der Waals surface area contributed by atoms with Crippen LogP contribution in [0.15, 0.2) is 70.2 Å². The maximum atomic E-state index is 12.1. The molecule has 0 spiro atoms. The predicted molar refractivity (Wildman–Crippen MR) is 141 cm³/mol. The smallest absolute Gasteiger partial charge is 0.251 e. The molecule has 3 aromatic rings. The number of benzene rings is 3. The van der Waals surface area contributed by atoms with Crippen LogP contribution in [0.3, 0.4) is 0 Å². The summed E-state index contributed by atoms with van der Waals surface area (Å²) >= 11 is 15.6. The molecule has 0 aliphatic rings. The molecule has 0 aliphatic carbocycles. The summed E-state index contributed by atoms with van der Waals surface area (Å²) in [5, 5.41) is 7.76. The molecule has 0 atom stereocenters. The van der Waals surface area contributed by atoms with Gasteiger partial charge in [0, 0.05) is 44.2 Å². The molecule has 0 heterocycles. The van der Waals surface area contributed by atoms with Crippen LogP contribution < -0.4 is 20.2 Å². The molecular formula is C25H22BrCl2N3O4. The van der Waals surface area contributed by atoms with Crippen molar-refractivity contribution >= 4 is 57.2 Å². The highest BCUT2D eigenvalue weighted by Crippen LogP contribution is 2.26. The fourth-order valence-electron chi connectivity index (χ4n) is 2.91. The van der Waals surface area contributed by atoms with Gasteiger partial charge >= 0.3 is 0 Å². The van der Waals surface area contributed by atoms with Gasteiger partial charge in [-0.1, -0.05) is 45.2 Å². The first-order valence-corrected chi connectivity index (χ1v) is 12.0. The van der Waals surface area contributed by atoms with Crippen molar-refractivity contribution in [1.29, 1.82) is 0 Å². The van der Waals surface area contributed by atoms with Gasteiger partial charge < -0.3 is 14.8 Å². The SMILES string of the molecule is COc1ccc(C(=O)NCCC(=O)NN=Cc2cc(Br)ccc2OCc2ccc(Cl)cc2Cl)cc1. The number of carbonyl (C=O) groups excluding carboxylic acids is 2. The van der Waals surface area contributed by atoms with Crippen molar-refractivity contribution in [2.45, 2.75) is 13.0 Å². The summed E-state index contributed by atoms with van der Waals surface area (Å²) < 4.78 is 11.8. The number of halogens is 3. The van der Waals surface area contributed by atoms with E-state index in [4.69, 9.17) is 32.7 Å².